The van der Waals surface area contributed by atoms with Crippen molar-refractivity contribution in [1.29, 1.82) is 0 Å². The monoisotopic (exact) mass is 423 g/mol. The van der Waals surface area contributed by atoms with Crippen LogP contribution >= 0.6 is 11.3 Å². The van der Waals surface area contributed by atoms with Gasteiger partial charge in [0.1, 0.15) is 9.88 Å². The maximum atomic E-state index is 12.1. The Morgan fingerprint density at radius 2 is 2.31 bits per heavy atom. The lowest BCUT2D eigenvalue weighted by Crippen LogP contribution is -2.47. The number of thiazole rings is 1. The van der Waals surface area contributed by atoms with Crippen molar-refractivity contribution < 1.29 is 14.3 Å². The number of carbonyl (C=O) groups is 1. The molecule has 1 aromatic heterocycles. The topological polar surface area (TPSA) is 88.1 Å². The number of fused-ring (bicyclic) bond motifs is 1. The van der Waals surface area contributed by atoms with Crippen LogP contribution in [-0.2, 0) is 9.47 Å². The lowest BCUT2D eigenvalue weighted by Gasteiger charge is -2.34. The fraction of sp³-hybridized carbons (Fsp3) is 0.750. The Hall–Kier alpha value is -1.71. The predicted octanol–water partition coefficient (Wildman–Crippen LogP) is 2.11. The Morgan fingerprint density at radius 3 is 3.07 bits per heavy atom. The Kier molecular flexibility index (Phi) is 7.85. The van der Waals surface area contributed by atoms with Crippen LogP contribution in [0, 0.1) is 6.92 Å². The number of nitrogens with one attached hydrogen (secondary N) is 2. The highest BCUT2D eigenvalue weighted by Gasteiger charge is 2.32. The van der Waals surface area contributed by atoms with Crippen LogP contribution in [0.5, 0.6) is 0 Å². The van der Waals surface area contributed by atoms with E-state index in [2.05, 4.69) is 20.5 Å². The van der Waals surface area contributed by atoms with E-state index in [1.165, 1.54) is 30.7 Å². The number of morpholine rings is 1. The molecule has 9 heteroatoms. The molecule has 0 bridgehead atoms. The van der Waals surface area contributed by atoms with E-state index in [1.807, 2.05) is 20.8 Å². The van der Waals surface area contributed by atoms with Crippen molar-refractivity contribution in [3.05, 3.63) is 15.6 Å². The maximum Gasteiger partial charge on any atom is 0.350 e. The molecular weight excluding hydrogens is 390 g/mol. The predicted molar refractivity (Wildman–Crippen MR) is 115 cm³/mol. The van der Waals surface area contributed by atoms with Crippen LogP contribution in [0.3, 0.4) is 0 Å². The number of aliphatic imine (C=N–C) groups is 1. The van der Waals surface area contributed by atoms with Gasteiger partial charge in [0, 0.05) is 19.1 Å². The van der Waals surface area contributed by atoms with E-state index in [4.69, 9.17) is 14.5 Å². The molecule has 3 unspecified atom stereocenters. The summed E-state index contributed by atoms with van der Waals surface area (Å²) in [5.74, 6) is 0.425. The third kappa shape index (κ3) is 5.67. The molecular formula is C20H33N5O3S. The molecule has 2 fully saturated rings. The van der Waals surface area contributed by atoms with Gasteiger partial charge >= 0.3 is 5.97 Å². The molecule has 0 aliphatic carbocycles. The number of nitrogens with zero attached hydrogens (tertiary/aromatic N) is 3. The van der Waals surface area contributed by atoms with E-state index >= 15 is 0 Å². The van der Waals surface area contributed by atoms with Gasteiger partial charge in [0.25, 0.3) is 0 Å². The summed E-state index contributed by atoms with van der Waals surface area (Å²) in [7, 11) is 0. The first-order chi connectivity index (χ1) is 14.0. The summed E-state index contributed by atoms with van der Waals surface area (Å²) >= 11 is 1.37. The summed E-state index contributed by atoms with van der Waals surface area (Å²) in [4.78, 5) is 24.4. The third-order valence-electron chi connectivity index (χ3n) is 5.26. The van der Waals surface area contributed by atoms with Crippen molar-refractivity contribution in [2.75, 3.05) is 39.4 Å². The fourth-order valence-electron chi connectivity index (χ4n) is 3.76. The smallest absolute Gasteiger partial charge is 0.350 e. The zero-order valence-electron chi connectivity index (χ0n) is 17.9. The molecule has 8 nitrogen and oxygen atoms in total. The average Bonchev–Trinajstić information content (AvgIpc) is 3.32. The van der Waals surface area contributed by atoms with Gasteiger partial charge in [-0.05, 0) is 47.1 Å². The number of rotatable bonds is 7. The van der Waals surface area contributed by atoms with Crippen LogP contribution in [0.15, 0.2) is 4.99 Å². The molecule has 3 heterocycles. The van der Waals surface area contributed by atoms with E-state index in [0.717, 1.165) is 30.7 Å². The lowest BCUT2D eigenvalue weighted by atomic mass is 10.2. The minimum atomic E-state index is -0.309. The number of carbonyl (C=O) groups excluding carboxylic acids is 1. The van der Waals surface area contributed by atoms with Gasteiger partial charge in [-0.25, -0.2) is 9.78 Å². The van der Waals surface area contributed by atoms with Crippen molar-refractivity contribution in [2.24, 2.45) is 4.99 Å². The van der Waals surface area contributed by atoms with Crippen LogP contribution in [0.4, 0.5) is 0 Å². The first kappa shape index (κ1) is 22.0. The average molecular weight is 424 g/mol. The molecule has 0 radical (unpaired) electrons. The van der Waals surface area contributed by atoms with Gasteiger partial charge in [0.2, 0.25) is 0 Å². The summed E-state index contributed by atoms with van der Waals surface area (Å²) in [6.45, 7) is 12.4. The summed E-state index contributed by atoms with van der Waals surface area (Å²) in [6, 6.07) is 0.526. The molecule has 162 valence electrons. The quantitative estimate of drug-likeness (QED) is 0.394. The largest absolute Gasteiger partial charge is 0.462 e. The molecule has 1 aromatic rings. The van der Waals surface area contributed by atoms with Crippen LogP contribution < -0.4 is 10.6 Å². The Labute approximate surface area is 177 Å². The van der Waals surface area contributed by atoms with Gasteiger partial charge < -0.3 is 20.1 Å². The highest BCUT2D eigenvalue weighted by Crippen LogP contribution is 2.25. The molecule has 2 aliphatic rings. The molecule has 3 rings (SSSR count). The van der Waals surface area contributed by atoms with E-state index < -0.39 is 0 Å². The summed E-state index contributed by atoms with van der Waals surface area (Å²) in [5.41, 5.74) is 0.704. The highest BCUT2D eigenvalue weighted by molar-refractivity contribution is 7.13. The molecule has 2 aliphatic heterocycles. The number of aromatic nitrogens is 1. The first-order valence-corrected chi connectivity index (χ1v) is 11.4. The van der Waals surface area contributed by atoms with Crippen molar-refractivity contribution in [3.63, 3.8) is 0 Å². The van der Waals surface area contributed by atoms with Gasteiger partial charge in [0.15, 0.2) is 5.96 Å². The van der Waals surface area contributed by atoms with Gasteiger partial charge in [-0.1, -0.05) is 0 Å². The Balaban J connectivity index is 1.60. The highest BCUT2D eigenvalue weighted by atomic mass is 32.1. The molecule has 0 saturated carbocycles. The van der Waals surface area contributed by atoms with E-state index in [9.17, 15) is 4.79 Å². The van der Waals surface area contributed by atoms with E-state index in [1.54, 1.807) is 6.92 Å². The molecule has 0 spiro atoms. The minimum Gasteiger partial charge on any atom is -0.462 e. The molecule has 0 aromatic carbocycles. The normalized spacial score (nSPS) is 23.5. The second kappa shape index (κ2) is 10.4. The molecule has 29 heavy (non-hydrogen) atoms. The van der Waals surface area contributed by atoms with Crippen molar-refractivity contribution in [1.82, 2.24) is 20.5 Å². The fourth-order valence-corrected chi connectivity index (χ4v) is 4.73. The number of ether oxygens (including phenoxy) is 2. The van der Waals surface area contributed by atoms with Crippen LogP contribution in [0.1, 0.15) is 60.0 Å². The second-order valence-corrected chi connectivity index (χ2v) is 8.55. The van der Waals surface area contributed by atoms with Crippen LogP contribution in [0.2, 0.25) is 0 Å². The van der Waals surface area contributed by atoms with Crippen LogP contribution in [-0.4, -0.2) is 73.4 Å². The van der Waals surface area contributed by atoms with Gasteiger partial charge in [-0.3, -0.25) is 9.89 Å². The maximum absolute atomic E-state index is 12.1. The SMILES string of the molecule is CCNC(=NCC1CN2CCCC2CO1)NC(C)c1nc(C)c(C(=O)OCC)s1. The minimum absolute atomic E-state index is 0.0742. The molecule has 3 atom stereocenters. The number of hydrogen-bond acceptors (Lipinski definition) is 7. The Bertz CT molecular complexity index is 723. The number of guanidine groups is 1. The third-order valence-corrected chi connectivity index (χ3v) is 6.58. The van der Waals surface area contributed by atoms with Crippen molar-refractivity contribution in [2.45, 2.75) is 58.7 Å². The molecule has 0 amide bonds. The number of hydrogen-bond donors (Lipinski definition) is 2. The molecule has 2 saturated heterocycles. The summed E-state index contributed by atoms with van der Waals surface area (Å²) in [6.07, 6.45) is 2.65. The van der Waals surface area contributed by atoms with Crippen LogP contribution in [0.25, 0.3) is 0 Å². The zero-order chi connectivity index (χ0) is 20.8. The van der Waals surface area contributed by atoms with Gasteiger partial charge in [0.05, 0.1) is 37.6 Å². The first-order valence-electron chi connectivity index (χ1n) is 10.6. The lowest BCUT2D eigenvalue weighted by molar-refractivity contribution is -0.0432. The number of aryl methyl sites for hydroxylation is 1. The van der Waals surface area contributed by atoms with E-state index in [-0.39, 0.29) is 18.1 Å². The van der Waals surface area contributed by atoms with Gasteiger partial charge in [-0.15, -0.1) is 11.3 Å². The Morgan fingerprint density at radius 1 is 1.48 bits per heavy atom. The summed E-state index contributed by atoms with van der Waals surface area (Å²) < 4.78 is 11.1. The van der Waals surface area contributed by atoms with Crippen molar-refractivity contribution in [3.8, 4) is 0 Å². The van der Waals surface area contributed by atoms with E-state index in [0.29, 0.717) is 29.8 Å². The second-order valence-electron chi connectivity index (χ2n) is 7.52. The number of esters is 1. The molecule has 2 N–H and O–H groups in total. The van der Waals surface area contributed by atoms with Crippen molar-refractivity contribution >= 4 is 23.3 Å². The summed E-state index contributed by atoms with van der Waals surface area (Å²) in [5, 5.41) is 7.52. The zero-order valence-corrected chi connectivity index (χ0v) is 18.7. The standard InChI is InChI=1S/C20H33N5O3S/c1-5-21-20(22-10-16-11-25-9-7-8-15(25)12-28-16)24-14(4)18-23-13(3)17(29-18)19(26)27-6-2/h14-16H,5-12H2,1-4H3,(H2,21,22,24). The van der Waals surface area contributed by atoms with Gasteiger partial charge in [-0.2, -0.15) is 0 Å².